The van der Waals surface area contributed by atoms with Gasteiger partial charge in [-0.05, 0) is 6.54 Å². The van der Waals surface area contributed by atoms with Gasteiger partial charge < -0.3 is 19.6 Å². The van der Waals surface area contributed by atoms with E-state index in [2.05, 4.69) is 11.8 Å². The van der Waals surface area contributed by atoms with E-state index in [0.29, 0.717) is 13.1 Å². The number of carboxylic acids is 1. The normalized spacial score (nSPS) is 36.5. The molecule has 6 nitrogen and oxygen atoms in total. The lowest BCUT2D eigenvalue weighted by Crippen LogP contribution is -2.52. The monoisotopic (exact) mass is 280 g/mol. The van der Waals surface area contributed by atoms with Crippen molar-refractivity contribution in [2.45, 2.75) is 19.1 Å². The molecule has 2 fully saturated rings. The summed E-state index contributed by atoms with van der Waals surface area (Å²) in [6.07, 6.45) is 2.79. The van der Waals surface area contributed by atoms with Gasteiger partial charge in [0.15, 0.2) is 0 Å². The summed E-state index contributed by atoms with van der Waals surface area (Å²) in [5.41, 5.74) is 0. The van der Waals surface area contributed by atoms with Crippen LogP contribution < -0.4 is 0 Å². The lowest BCUT2D eigenvalue weighted by atomic mass is 9.82. The number of carbonyl (C=O) groups excluding carboxylic acids is 1. The molecule has 0 saturated carbocycles. The van der Waals surface area contributed by atoms with Crippen LogP contribution in [-0.4, -0.2) is 71.7 Å². The van der Waals surface area contributed by atoms with Crippen LogP contribution in [0.4, 0.5) is 0 Å². The van der Waals surface area contributed by atoms with Crippen LogP contribution in [-0.2, 0) is 14.3 Å². The van der Waals surface area contributed by atoms with Crippen molar-refractivity contribution in [3.8, 4) is 0 Å². The van der Waals surface area contributed by atoms with Gasteiger partial charge in [-0.2, -0.15) is 0 Å². The highest BCUT2D eigenvalue weighted by Crippen LogP contribution is 2.40. The number of likely N-dealkylation sites (N-methyl/N-ethyl adjacent to an activating group) is 1. The molecule has 1 N–H and O–H groups in total. The highest BCUT2D eigenvalue weighted by atomic mass is 16.5. The van der Waals surface area contributed by atoms with Crippen LogP contribution in [0.2, 0.25) is 0 Å². The van der Waals surface area contributed by atoms with Gasteiger partial charge in [0.05, 0.1) is 18.1 Å². The Kier molecular flexibility index (Phi) is 3.52. The van der Waals surface area contributed by atoms with E-state index in [4.69, 9.17) is 4.74 Å². The van der Waals surface area contributed by atoms with Crippen molar-refractivity contribution < 1.29 is 19.4 Å². The van der Waals surface area contributed by atoms with Gasteiger partial charge in [0, 0.05) is 26.2 Å². The van der Waals surface area contributed by atoms with Gasteiger partial charge in [0.2, 0.25) is 5.91 Å². The third-order valence-corrected chi connectivity index (χ3v) is 4.60. The van der Waals surface area contributed by atoms with Crippen molar-refractivity contribution in [1.29, 1.82) is 0 Å². The molecular weight excluding hydrogens is 260 g/mol. The molecule has 2 bridgehead atoms. The molecule has 2 unspecified atom stereocenters. The van der Waals surface area contributed by atoms with Crippen molar-refractivity contribution in [3.05, 3.63) is 12.2 Å². The number of carbonyl (C=O) groups is 2. The Morgan fingerprint density at radius 2 is 1.75 bits per heavy atom. The second kappa shape index (κ2) is 5.18. The number of amides is 1. The third kappa shape index (κ3) is 2.13. The van der Waals surface area contributed by atoms with E-state index in [-0.39, 0.29) is 12.0 Å². The van der Waals surface area contributed by atoms with E-state index in [1.54, 1.807) is 11.0 Å². The van der Waals surface area contributed by atoms with E-state index < -0.39 is 23.9 Å². The van der Waals surface area contributed by atoms with Gasteiger partial charge in [-0.1, -0.05) is 19.1 Å². The first kappa shape index (κ1) is 13.6. The first-order valence-electron chi connectivity index (χ1n) is 7.19. The molecule has 3 aliphatic rings. The minimum atomic E-state index is -0.938. The van der Waals surface area contributed by atoms with Crippen molar-refractivity contribution in [1.82, 2.24) is 9.80 Å². The number of piperazine rings is 1. The highest BCUT2D eigenvalue weighted by molar-refractivity contribution is 5.87. The van der Waals surface area contributed by atoms with Gasteiger partial charge in [-0.3, -0.25) is 9.59 Å². The average Bonchev–Trinajstić information content (AvgIpc) is 3.07. The van der Waals surface area contributed by atoms with Crippen molar-refractivity contribution in [2.24, 2.45) is 11.8 Å². The Morgan fingerprint density at radius 3 is 2.30 bits per heavy atom. The first-order valence-corrected chi connectivity index (χ1v) is 7.19. The standard InChI is InChI=1S/C14H20N2O4/c1-2-15-5-7-16(8-6-15)13(17)11-9-3-4-10(20-9)12(11)14(18)19/h3-4,9-12H,2,5-8H2,1H3,(H,18,19)/t9-,10-,11?,12?/m1/s1. The molecule has 20 heavy (non-hydrogen) atoms. The summed E-state index contributed by atoms with van der Waals surface area (Å²) in [6.45, 7) is 6.16. The third-order valence-electron chi connectivity index (χ3n) is 4.60. The second-order valence-electron chi connectivity index (χ2n) is 5.60. The number of nitrogens with zero attached hydrogens (tertiary/aromatic N) is 2. The molecule has 3 rings (SSSR count). The number of carboxylic acid groups (broad SMARTS) is 1. The minimum absolute atomic E-state index is 0.0648. The van der Waals surface area contributed by atoms with Crippen LogP contribution in [0.15, 0.2) is 12.2 Å². The van der Waals surface area contributed by atoms with Gasteiger partial charge in [0.25, 0.3) is 0 Å². The smallest absolute Gasteiger partial charge is 0.310 e. The molecule has 0 aromatic carbocycles. The maximum atomic E-state index is 12.6. The zero-order valence-corrected chi connectivity index (χ0v) is 11.6. The van der Waals surface area contributed by atoms with Crippen molar-refractivity contribution in [2.75, 3.05) is 32.7 Å². The van der Waals surface area contributed by atoms with Crippen LogP contribution in [0, 0.1) is 11.8 Å². The van der Waals surface area contributed by atoms with Gasteiger partial charge in [0.1, 0.15) is 5.92 Å². The topological polar surface area (TPSA) is 70.1 Å². The summed E-state index contributed by atoms with van der Waals surface area (Å²) in [6, 6.07) is 0. The number of hydrogen-bond acceptors (Lipinski definition) is 4. The zero-order chi connectivity index (χ0) is 14.3. The van der Waals surface area contributed by atoms with E-state index in [9.17, 15) is 14.7 Å². The Labute approximate surface area is 118 Å². The van der Waals surface area contributed by atoms with Gasteiger partial charge in [-0.15, -0.1) is 0 Å². The van der Waals surface area contributed by atoms with Gasteiger partial charge >= 0.3 is 5.97 Å². The molecular formula is C14H20N2O4. The lowest BCUT2D eigenvalue weighted by molar-refractivity contribution is -0.150. The fourth-order valence-electron chi connectivity index (χ4n) is 3.39. The van der Waals surface area contributed by atoms with Crippen molar-refractivity contribution in [3.63, 3.8) is 0 Å². The Morgan fingerprint density at radius 1 is 1.15 bits per heavy atom. The van der Waals surface area contributed by atoms with Crippen LogP contribution in [0.1, 0.15) is 6.92 Å². The number of fused-ring (bicyclic) bond motifs is 2. The van der Waals surface area contributed by atoms with Crippen LogP contribution in [0.5, 0.6) is 0 Å². The molecule has 4 atom stereocenters. The molecule has 3 heterocycles. The summed E-state index contributed by atoms with van der Waals surface area (Å²) in [5.74, 6) is -2.30. The quantitative estimate of drug-likeness (QED) is 0.725. The molecule has 0 radical (unpaired) electrons. The number of aliphatic carboxylic acids is 1. The first-order chi connectivity index (χ1) is 9.61. The summed E-state index contributed by atoms with van der Waals surface area (Å²) < 4.78 is 5.56. The SMILES string of the molecule is CCN1CCN(C(=O)C2C(C(=O)O)[C@H]3C=C[C@H]2O3)CC1. The largest absolute Gasteiger partial charge is 0.481 e. The van der Waals surface area contributed by atoms with Gasteiger partial charge in [-0.25, -0.2) is 0 Å². The highest BCUT2D eigenvalue weighted by Gasteiger charge is 2.54. The van der Waals surface area contributed by atoms with E-state index in [1.807, 2.05) is 6.08 Å². The number of rotatable bonds is 3. The van der Waals surface area contributed by atoms with Crippen LogP contribution in [0.25, 0.3) is 0 Å². The predicted molar refractivity (Wildman–Crippen MR) is 71.1 cm³/mol. The zero-order valence-electron chi connectivity index (χ0n) is 11.6. The Balaban J connectivity index is 1.71. The second-order valence-corrected chi connectivity index (χ2v) is 5.60. The molecule has 110 valence electrons. The number of ether oxygens (including phenoxy) is 1. The van der Waals surface area contributed by atoms with Crippen molar-refractivity contribution >= 4 is 11.9 Å². The molecule has 0 spiro atoms. The summed E-state index contributed by atoms with van der Waals surface area (Å²) in [4.78, 5) is 28.1. The average molecular weight is 280 g/mol. The maximum absolute atomic E-state index is 12.6. The number of hydrogen-bond donors (Lipinski definition) is 1. The molecule has 6 heteroatoms. The van der Waals surface area contributed by atoms with Crippen LogP contribution >= 0.6 is 0 Å². The Hall–Kier alpha value is -1.40. The Bertz CT molecular complexity index is 442. The molecule has 0 aromatic rings. The maximum Gasteiger partial charge on any atom is 0.310 e. The van der Waals surface area contributed by atoms with Crippen LogP contribution in [0.3, 0.4) is 0 Å². The van der Waals surface area contributed by atoms with E-state index >= 15 is 0 Å². The summed E-state index contributed by atoms with van der Waals surface area (Å²) in [7, 11) is 0. The van der Waals surface area contributed by atoms with E-state index in [1.165, 1.54) is 0 Å². The minimum Gasteiger partial charge on any atom is -0.481 e. The molecule has 2 saturated heterocycles. The predicted octanol–water partition coefficient (Wildman–Crippen LogP) is -0.195. The molecule has 3 aliphatic heterocycles. The van der Waals surface area contributed by atoms with E-state index in [0.717, 1.165) is 19.6 Å². The lowest BCUT2D eigenvalue weighted by Gasteiger charge is -2.36. The summed E-state index contributed by atoms with van der Waals surface area (Å²) >= 11 is 0. The fraction of sp³-hybridized carbons (Fsp3) is 0.714. The molecule has 0 aromatic heterocycles. The molecule has 0 aliphatic carbocycles. The summed E-state index contributed by atoms with van der Waals surface area (Å²) in [5, 5.41) is 9.34. The fourth-order valence-corrected chi connectivity index (χ4v) is 3.39. The molecule has 1 amide bonds.